The van der Waals surface area contributed by atoms with Crippen molar-refractivity contribution in [3.63, 3.8) is 0 Å². The smallest absolute Gasteiger partial charge is 0.418 e. The molecule has 0 unspecified atom stereocenters. The molecule has 0 aliphatic rings. The molecule has 0 radical (unpaired) electrons. The van der Waals surface area contributed by atoms with Gasteiger partial charge in [-0.25, -0.2) is 4.79 Å². The first-order valence-corrected chi connectivity index (χ1v) is 6.60. The van der Waals surface area contributed by atoms with Crippen LogP contribution in [0, 0.1) is 6.92 Å². The van der Waals surface area contributed by atoms with Crippen LogP contribution in [0.3, 0.4) is 0 Å². The summed E-state index contributed by atoms with van der Waals surface area (Å²) in [4.78, 5) is 11.7. The van der Waals surface area contributed by atoms with Gasteiger partial charge in [0, 0.05) is 5.02 Å². The molecule has 2 aromatic rings. The molecule has 22 heavy (non-hydrogen) atoms. The van der Waals surface area contributed by atoms with Crippen LogP contribution in [0.2, 0.25) is 5.02 Å². The van der Waals surface area contributed by atoms with Crippen molar-refractivity contribution >= 4 is 23.3 Å². The highest BCUT2D eigenvalue weighted by molar-refractivity contribution is 6.30. The number of amides is 2. The van der Waals surface area contributed by atoms with Crippen molar-refractivity contribution in [3.05, 3.63) is 52.4 Å². The van der Waals surface area contributed by atoms with E-state index in [9.17, 15) is 18.0 Å². The molecule has 0 bridgehead atoms. The summed E-state index contributed by atoms with van der Waals surface area (Å²) in [7, 11) is 0. The van der Waals surface area contributed by atoms with E-state index in [0.29, 0.717) is 11.5 Å². The second-order valence-electron chi connectivity index (χ2n) is 4.51. The summed E-state index contributed by atoms with van der Waals surface area (Å²) in [6.07, 6.45) is -4.62. The van der Waals surface area contributed by atoms with E-state index in [4.69, 9.17) is 16.0 Å². The molecule has 1 heterocycles. The van der Waals surface area contributed by atoms with Gasteiger partial charge in [-0.1, -0.05) is 11.6 Å². The summed E-state index contributed by atoms with van der Waals surface area (Å²) in [5.41, 5.74) is -1.38. The highest BCUT2D eigenvalue weighted by Gasteiger charge is 2.34. The minimum Gasteiger partial charge on any atom is -0.465 e. The van der Waals surface area contributed by atoms with Crippen molar-refractivity contribution in [2.45, 2.75) is 19.6 Å². The number of halogens is 4. The Kier molecular flexibility index (Phi) is 4.65. The Morgan fingerprint density at radius 2 is 2.00 bits per heavy atom. The molecule has 1 aromatic carbocycles. The lowest BCUT2D eigenvalue weighted by Crippen LogP contribution is -2.29. The predicted octanol–water partition coefficient (Wildman–Crippen LogP) is 4.58. The number of benzene rings is 1. The van der Waals surface area contributed by atoms with Crippen molar-refractivity contribution in [3.8, 4) is 0 Å². The number of carbonyl (C=O) groups excluding carboxylic acids is 1. The Labute approximate surface area is 129 Å². The maximum atomic E-state index is 12.9. The standard InChI is InChI=1S/C14H12ClF3N2O2/c1-8-2-4-10(22-8)7-19-13(21)20-12-5-3-9(15)6-11(12)14(16,17)18/h2-6H,7H2,1H3,(H2,19,20,21). The fraction of sp³-hybridized carbons (Fsp3) is 0.214. The van der Waals surface area contributed by atoms with Crippen LogP contribution in [0.25, 0.3) is 0 Å². The minimum absolute atomic E-state index is 0.0641. The molecule has 118 valence electrons. The predicted molar refractivity (Wildman–Crippen MR) is 75.8 cm³/mol. The molecule has 0 atom stereocenters. The molecule has 0 aliphatic heterocycles. The van der Waals surface area contributed by atoms with Gasteiger partial charge in [-0.3, -0.25) is 0 Å². The summed E-state index contributed by atoms with van der Waals surface area (Å²) in [6, 6.07) is 5.73. The number of anilines is 1. The van der Waals surface area contributed by atoms with Crippen LogP contribution in [0.5, 0.6) is 0 Å². The van der Waals surface area contributed by atoms with Gasteiger partial charge in [0.05, 0.1) is 17.8 Å². The first-order chi connectivity index (χ1) is 10.3. The average molecular weight is 333 g/mol. The molecule has 1 aromatic heterocycles. The van der Waals surface area contributed by atoms with E-state index in [1.807, 2.05) is 0 Å². The van der Waals surface area contributed by atoms with Crippen molar-refractivity contribution in [1.82, 2.24) is 5.32 Å². The molecule has 0 saturated carbocycles. The van der Waals surface area contributed by atoms with E-state index in [0.717, 1.165) is 12.1 Å². The van der Waals surface area contributed by atoms with E-state index >= 15 is 0 Å². The number of hydrogen-bond acceptors (Lipinski definition) is 2. The summed E-state index contributed by atoms with van der Waals surface area (Å²) < 4.78 is 43.9. The van der Waals surface area contributed by atoms with Gasteiger partial charge >= 0.3 is 12.2 Å². The number of nitrogens with one attached hydrogen (secondary N) is 2. The molecule has 0 aliphatic carbocycles. The monoisotopic (exact) mass is 332 g/mol. The maximum absolute atomic E-state index is 12.9. The zero-order valence-corrected chi connectivity index (χ0v) is 12.2. The quantitative estimate of drug-likeness (QED) is 0.864. The summed E-state index contributed by atoms with van der Waals surface area (Å²) in [5, 5.41) is 4.50. The Morgan fingerprint density at radius 1 is 1.27 bits per heavy atom. The Balaban J connectivity index is 2.05. The van der Waals surface area contributed by atoms with Crippen molar-refractivity contribution in [1.29, 1.82) is 0 Å². The minimum atomic E-state index is -4.62. The van der Waals surface area contributed by atoms with Gasteiger partial charge in [0.1, 0.15) is 11.5 Å². The number of rotatable bonds is 3. The Hall–Kier alpha value is -2.15. The fourth-order valence-electron chi connectivity index (χ4n) is 1.77. The normalized spacial score (nSPS) is 11.3. The molecule has 0 saturated heterocycles. The molecule has 0 spiro atoms. The molecular formula is C14H12ClF3N2O2. The SMILES string of the molecule is Cc1ccc(CNC(=O)Nc2ccc(Cl)cc2C(F)(F)F)o1. The number of aryl methyl sites for hydroxylation is 1. The third-order valence-corrected chi connectivity index (χ3v) is 2.99. The van der Waals surface area contributed by atoms with Gasteiger partial charge in [0.15, 0.2) is 0 Å². The third-order valence-electron chi connectivity index (χ3n) is 2.75. The Morgan fingerprint density at radius 3 is 2.59 bits per heavy atom. The second kappa shape index (κ2) is 6.31. The molecule has 2 amide bonds. The molecule has 8 heteroatoms. The van der Waals surface area contributed by atoms with Crippen molar-refractivity contribution in [2.75, 3.05) is 5.32 Å². The van der Waals surface area contributed by atoms with E-state index in [1.54, 1.807) is 19.1 Å². The molecule has 2 rings (SSSR count). The average Bonchev–Trinajstić information content (AvgIpc) is 2.83. The topological polar surface area (TPSA) is 54.3 Å². The Bertz CT molecular complexity index is 683. The van der Waals surface area contributed by atoms with Crippen LogP contribution in [0.4, 0.5) is 23.7 Å². The molecule has 2 N–H and O–H groups in total. The van der Waals surface area contributed by atoms with Crippen molar-refractivity contribution < 1.29 is 22.4 Å². The van der Waals surface area contributed by atoms with Crippen LogP contribution < -0.4 is 10.6 Å². The van der Waals surface area contributed by atoms with Crippen LogP contribution in [0.15, 0.2) is 34.7 Å². The lowest BCUT2D eigenvalue weighted by atomic mass is 10.1. The van der Waals surface area contributed by atoms with Gasteiger partial charge in [-0.2, -0.15) is 13.2 Å². The zero-order valence-electron chi connectivity index (χ0n) is 11.4. The van der Waals surface area contributed by atoms with Crippen LogP contribution in [0.1, 0.15) is 17.1 Å². The van der Waals surface area contributed by atoms with Crippen molar-refractivity contribution in [2.24, 2.45) is 0 Å². The number of furan rings is 1. The van der Waals surface area contributed by atoms with Gasteiger partial charge in [0.2, 0.25) is 0 Å². The van der Waals surface area contributed by atoms with Crippen LogP contribution in [-0.2, 0) is 12.7 Å². The summed E-state index contributed by atoms with van der Waals surface area (Å²) >= 11 is 5.56. The number of hydrogen-bond donors (Lipinski definition) is 2. The fourth-order valence-corrected chi connectivity index (χ4v) is 1.95. The van der Waals surface area contributed by atoms with Gasteiger partial charge in [-0.15, -0.1) is 0 Å². The number of urea groups is 1. The number of carbonyl (C=O) groups is 1. The van der Waals surface area contributed by atoms with E-state index in [2.05, 4.69) is 10.6 Å². The first kappa shape index (κ1) is 16.2. The highest BCUT2D eigenvalue weighted by atomic mass is 35.5. The zero-order chi connectivity index (χ0) is 16.3. The largest absolute Gasteiger partial charge is 0.465 e. The summed E-state index contributed by atoms with van der Waals surface area (Å²) in [6.45, 7) is 1.81. The van der Waals surface area contributed by atoms with Gasteiger partial charge < -0.3 is 15.1 Å². The van der Waals surface area contributed by atoms with Crippen LogP contribution >= 0.6 is 11.6 Å². The van der Waals surface area contributed by atoms with E-state index in [1.165, 1.54) is 6.07 Å². The first-order valence-electron chi connectivity index (χ1n) is 6.22. The highest BCUT2D eigenvalue weighted by Crippen LogP contribution is 2.36. The number of alkyl halides is 3. The second-order valence-corrected chi connectivity index (χ2v) is 4.94. The molecular weight excluding hydrogens is 321 g/mol. The van der Waals surface area contributed by atoms with E-state index in [-0.39, 0.29) is 17.3 Å². The lowest BCUT2D eigenvalue weighted by Gasteiger charge is -2.14. The van der Waals surface area contributed by atoms with Crippen LogP contribution in [-0.4, -0.2) is 6.03 Å². The lowest BCUT2D eigenvalue weighted by molar-refractivity contribution is -0.136. The third kappa shape index (κ3) is 4.17. The summed E-state index contributed by atoms with van der Waals surface area (Å²) in [5.74, 6) is 1.18. The molecule has 4 nitrogen and oxygen atoms in total. The van der Waals surface area contributed by atoms with Gasteiger partial charge in [-0.05, 0) is 37.3 Å². The molecule has 0 fully saturated rings. The maximum Gasteiger partial charge on any atom is 0.418 e. The van der Waals surface area contributed by atoms with E-state index < -0.39 is 17.8 Å². The van der Waals surface area contributed by atoms with Gasteiger partial charge in [0.25, 0.3) is 0 Å².